The molecule has 5 heteroatoms. The lowest BCUT2D eigenvalue weighted by Crippen LogP contribution is -2.41. The molecule has 0 aliphatic heterocycles. The second-order valence-corrected chi connectivity index (χ2v) is 2.72. The maximum Gasteiger partial charge on any atom is 0.315 e. The SMILES string of the molecule is C=CCNC(=O)NCC(OCC)OCC. The van der Waals surface area contributed by atoms with E-state index in [0.29, 0.717) is 26.3 Å². The minimum atomic E-state index is -0.380. The molecular weight excluding hydrogens is 196 g/mol. The van der Waals surface area contributed by atoms with Crippen LogP contribution in [0.5, 0.6) is 0 Å². The number of carbonyl (C=O) groups excluding carboxylic acids is 1. The molecule has 0 fully saturated rings. The fraction of sp³-hybridized carbons (Fsp3) is 0.700. The highest BCUT2D eigenvalue weighted by molar-refractivity contribution is 5.73. The predicted octanol–water partition coefficient (Wildman–Crippen LogP) is 0.871. The molecule has 0 atom stereocenters. The zero-order chi connectivity index (χ0) is 11.5. The number of urea groups is 1. The van der Waals surface area contributed by atoms with Crippen LogP contribution in [-0.2, 0) is 9.47 Å². The van der Waals surface area contributed by atoms with Gasteiger partial charge in [0.2, 0.25) is 0 Å². The van der Waals surface area contributed by atoms with Crippen LogP contribution in [0.25, 0.3) is 0 Å². The molecule has 0 bridgehead atoms. The molecule has 0 aromatic rings. The Morgan fingerprint density at radius 3 is 2.40 bits per heavy atom. The number of rotatable bonds is 8. The maximum absolute atomic E-state index is 11.1. The molecular formula is C10H20N2O3. The second kappa shape index (κ2) is 9.48. The van der Waals surface area contributed by atoms with E-state index in [1.807, 2.05) is 13.8 Å². The van der Waals surface area contributed by atoms with Crippen molar-refractivity contribution in [2.45, 2.75) is 20.1 Å². The van der Waals surface area contributed by atoms with E-state index in [-0.39, 0.29) is 12.3 Å². The normalized spacial score (nSPS) is 10.1. The summed E-state index contributed by atoms with van der Waals surface area (Å²) in [6, 6.07) is -0.251. The van der Waals surface area contributed by atoms with Crippen molar-refractivity contribution in [3.05, 3.63) is 12.7 Å². The molecule has 2 N–H and O–H groups in total. The van der Waals surface area contributed by atoms with Gasteiger partial charge in [-0.05, 0) is 13.8 Å². The van der Waals surface area contributed by atoms with Crippen molar-refractivity contribution in [3.8, 4) is 0 Å². The molecule has 0 spiro atoms. The molecule has 88 valence electrons. The van der Waals surface area contributed by atoms with Crippen molar-refractivity contribution in [2.75, 3.05) is 26.3 Å². The Kier molecular flexibility index (Phi) is 8.81. The summed E-state index contributed by atoms with van der Waals surface area (Å²) in [7, 11) is 0. The highest BCUT2D eigenvalue weighted by Crippen LogP contribution is 1.92. The first-order valence-electron chi connectivity index (χ1n) is 5.10. The lowest BCUT2D eigenvalue weighted by atomic mass is 10.5. The number of amides is 2. The van der Waals surface area contributed by atoms with Gasteiger partial charge in [-0.25, -0.2) is 4.79 Å². The van der Waals surface area contributed by atoms with Gasteiger partial charge in [0.1, 0.15) is 0 Å². The van der Waals surface area contributed by atoms with Crippen molar-refractivity contribution in [1.29, 1.82) is 0 Å². The van der Waals surface area contributed by atoms with E-state index in [0.717, 1.165) is 0 Å². The van der Waals surface area contributed by atoms with Crippen molar-refractivity contribution in [3.63, 3.8) is 0 Å². The van der Waals surface area contributed by atoms with Crippen molar-refractivity contribution < 1.29 is 14.3 Å². The van der Waals surface area contributed by atoms with Gasteiger partial charge in [0.25, 0.3) is 0 Å². The van der Waals surface area contributed by atoms with Crippen LogP contribution in [0.4, 0.5) is 4.79 Å². The van der Waals surface area contributed by atoms with Gasteiger partial charge in [0.05, 0.1) is 6.54 Å². The summed E-state index contributed by atoms with van der Waals surface area (Å²) in [5.74, 6) is 0. The standard InChI is InChI=1S/C10H20N2O3/c1-4-7-11-10(13)12-8-9(14-5-2)15-6-3/h4,9H,1,5-8H2,2-3H3,(H2,11,12,13). The number of hydrogen-bond acceptors (Lipinski definition) is 3. The van der Waals surface area contributed by atoms with Crippen LogP contribution < -0.4 is 10.6 Å². The van der Waals surface area contributed by atoms with Gasteiger partial charge in [-0.15, -0.1) is 6.58 Å². The summed E-state index contributed by atoms with van der Waals surface area (Å²) < 4.78 is 10.5. The van der Waals surface area contributed by atoms with Gasteiger partial charge < -0.3 is 20.1 Å². The van der Waals surface area contributed by atoms with E-state index in [9.17, 15) is 4.79 Å². The van der Waals surface area contributed by atoms with Crippen LogP contribution >= 0.6 is 0 Å². The van der Waals surface area contributed by atoms with Gasteiger partial charge in [-0.2, -0.15) is 0 Å². The smallest absolute Gasteiger partial charge is 0.315 e. The van der Waals surface area contributed by atoms with Crippen LogP contribution in [0.1, 0.15) is 13.8 Å². The molecule has 15 heavy (non-hydrogen) atoms. The lowest BCUT2D eigenvalue weighted by Gasteiger charge is -2.17. The van der Waals surface area contributed by atoms with Gasteiger partial charge in [0.15, 0.2) is 6.29 Å². The predicted molar refractivity (Wildman–Crippen MR) is 58.6 cm³/mol. The zero-order valence-electron chi connectivity index (χ0n) is 9.41. The second-order valence-electron chi connectivity index (χ2n) is 2.72. The number of ether oxygens (including phenoxy) is 2. The molecule has 0 radical (unpaired) electrons. The van der Waals surface area contributed by atoms with Crippen LogP contribution in [-0.4, -0.2) is 38.6 Å². The van der Waals surface area contributed by atoms with E-state index < -0.39 is 0 Å². The minimum absolute atomic E-state index is 0.251. The van der Waals surface area contributed by atoms with E-state index in [1.165, 1.54) is 0 Å². The molecule has 0 unspecified atom stereocenters. The first-order valence-corrected chi connectivity index (χ1v) is 5.10. The molecule has 0 heterocycles. The van der Waals surface area contributed by atoms with E-state index >= 15 is 0 Å². The molecule has 0 aliphatic rings. The quantitative estimate of drug-likeness (QED) is 0.467. The Morgan fingerprint density at radius 2 is 1.93 bits per heavy atom. The average molecular weight is 216 g/mol. The Hall–Kier alpha value is -1.07. The van der Waals surface area contributed by atoms with Gasteiger partial charge >= 0.3 is 6.03 Å². The molecule has 0 rings (SSSR count). The fourth-order valence-electron chi connectivity index (χ4n) is 0.941. The first kappa shape index (κ1) is 13.9. The molecule has 2 amide bonds. The number of hydrogen-bond donors (Lipinski definition) is 2. The average Bonchev–Trinajstić information content (AvgIpc) is 2.23. The third-order valence-corrected chi connectivity index (χ3v) is 1.54. The first-order chi connectivity index (χ1) is 7.24. The van der Waals surface area contributed by atoms with Crippen LogP contribution in [0.3, 0.4) is 0 Å². The third-order valence-electron chi connectivity index (χ3n) is 1.54. The summed E-state index contributed by atoms with van der Waals surface area (Å²) in [6.45, 7) is 9.15. The van der Waals surface area contributed by atoms with Crippen molar-refractivity contribution in [2.24, 2.45) is 0 Å². The zero-order valence-corrected chi connectivity index (χ0v) is 9.41. The fourth-order valence-corrected chi connectivity index (χ4v) is 0.941. The monoisotopic (exact) mass is 216 g/mol. The summed E-state index contributed by atoms with van der Waals surface area (Å²) in [5, 5.41) is 5.23. The van der Waals surface area contributed by atoms with E-state index in [4.69, 9.17) is 9.47 Å². The van der Waals surface area contributed by atoms with Crippen molar-refractivity contribution >= 4 is 6.03 Å². The summed E-state index contributed by atoms with van der Waals surface area (Å²) in [4.78, 5) is 11.1. The molecule has 0 aromatic heterocycles. The topological polar surface area (TPSA) is 59.6 Å². The summed E-state index contributed by atoms with van der Waals surface area (Å²) in [5.41, 5.74) is 0. The van der Waals surface area contributed by atoms with E-state index in [1.54, 1.807) is 6.08 Å². The van der Waals surface area contributed by atoms with Crippen molar-refractivity contribution in [1.82, 2.24) is 10.6 Å². The lowest BCUT2D eigenvalue weighted by molar-refractivity contribution is -0.131. The molecule has 5 nitrogen and oxygen atoms in total. The highest BCUT2D eigenvalue weighted by atomic mass is 16.7. The van der Waals surface area contributed by atoms with Gasteiger partial charge in [0, 0.05) is 19.8 Å². The number of nitrogens with one attached hydrogen (secondary N) is 2. The Labute approximate surface area is 90.8 Å². The minimum Gasteiger partial charge on any atom is -0.351 e. The third kappa shape index (κ3) is 7.96. The Balaban J connectivity index is 3.66. The number of carbonyl (C=O) groups is 1. The summed E-state index contributed by atoms with van der Waals surface area (Å²) >= 11 is 0. The highest BCUT2D eigenvalue weighted by Gasteiger charge is 2.08. The Morgan fingerprint density at radius 1 is 1.33 bits per heavy atom. The van der Waals surface area contributed by atoms with E-state index in [2.05, 4.69) is 17.2 Å². The van der Waals surface area contributed by atoms with Gasteiger partial charge in [-0.3, -0.25) is 0 Å². The van der Waals surface area contributed by atoms with Crippen LogP contribution in [0.15, 0.2) is 12.7 Å². The largest absolute Gasteiger partial charge is 0.351 e. The van der Waals surface area contributed by atoms with Gasteiger partial charge in [-0.1, -0.05) is 6.08 Å². The molecule has 0 aromatic carbocycles. The molecule has 0 aliphatic carbocycles. The molecule has 0 saturated heterocycles. The summed E-state index contributed by atoms with van der Waals surface area (Å²) in [6.07, 6.45) is 1.23. The Bertz CT molecular complexity index is 180. The van der Waals surface area contributed by atoms with Crippen LogP contribution in [0, 0.1) is 0 Å². The molecule has 0 saturated carbocycles. The maximum atomic E-state index is 11.1. The van der Waals surface area contributed by atoms with Crippen LogP contribution in [0.2, 0.25) is 0 Å².